The highest BCUT2D eigenvalue weighted by atomic mass is 16.3. The molecular formula is C10H10N2O2. The second kappa shape index (κ2) is 2.20. The Kier molecular flexibility index (Phi) is 1.21. The summed E-state index contributed by atoms with van der Waals surface area (Å²) in [4.78, 5) is 11.3. The minimum absolute atomic E-state index is 0.147. The first-order valence-corrected chi connectivity index (χ1v) is 4.62. The van der Waals surface area contributed by atoms with E-state index in [1.807, 2.05) is 6.07 Å². The topological polar surface area (TPSA) is 61.4 Å². The Morgan fingerprint density at radius 3 is 2.86 bits per heavy atom. The molecule has 0 unspecified atom stereocenters. The average molecular weight is 190 g/mol. The molecule has 0 saturated heterocycles. The van der Waals surface area contributed by atoms with Gasteiger partial charge in [0.05, 0.1) is 11.2 Å². The molecule has 1 aromatic carbocycles. The summed E-state index contributed by atoms with van der Waals surface area (Å²) in [6, 6.07) is 4.93. The third kappa shape index (κ3) is 0.907. The number of urea groups is 1. The fraction of sp³-hybridized carbons (Fsp3) is 0.300. The summed E-state index contributed by atoms with van der Waals surface area (Å²) in [6.07, 6.45) is 1.97. The van der Waals surface area contributed by atoms with Crippen molar-refractivity contribution in [2.45, 2.75) is 18.4 Å². The molecule has 1 saturated carbocycles. The number of fused-ring (bicyclic) bond motifs is 2. The number of hydrogen-bond donors (Lipinski definition) is 3. The fourth-order valence-corrected chi connectivity index (χ4v) is 2.01. The Labute approximate surface area is 80.9 Å². The second-order valence-corrected chi connectivity index (χ2v) is 3.89. The molecule has 0 bridgehead atoms. The normalized spacial score (nSPS) is 21.0. The lowest BCUT2D eigenvalue weighted by atomic mass is 10.0. The molecule has 1 aliphatic heterocycles. The Bertz CT molecular complexity index is 424. The standard InChI is InChI=1S/C10H10N2O2/c13-6-1-2-7-8(5-6)11-9(14)12-10(7)3-4-10/h1-2,5,13H,3-4H2,(H2,11,12,14). The van der Waals surface area contributed by atoms with Gasteiger partial charge in [-0.25, -0.2) is 4.79 Å². The molecule has 0 aromatic heterocycles. The zero-order chi connectivity index (χ0) is 9.76. The first kappa shape index (κ1) is 7.67. The maximum atomic E-state index is 11.3. The SMILES string of the molecule is O=C1Nc2cc(O)ccc2C2(CC2)N1. The molecule has 1 aromatic rings. The molecule has 0 radical (unpaired) electrons. The van der Waals surface area contributed by atoms with E-state index >= 15 is 0 Å². The van der Waals surface area contributed by atoms with Crippen LogP contribution in [-0.2, 0) is 5.54 Å². The van der Waals surface area contributed by atoms with Gasteiger partial charge in [0.1, 0.15) is 5.75 Å². The summed E-state index contributed by atoms with van der Waals surface area (Å²) in [5.74, 6) is 0.182. The Hall–Kier alpha value is -1.71. The van der Waals surface area contributed by atoms with Crippen molar-refractivity contribution in [1.29, 1.82) is 0 Å². The fourth-order valence-electron chi connectivity index (χ4n) is 2.01. The van der Waals surface area contributed by atoms with Crippen LogP contribution in [0.2, 0.25) is 0 Å². The number of benzene rings is 1. The number of rotatable bonds is 0. The van der Waals surface area contributed by atoms with Crippen LogP contribution in [0.5, 0.6) is 5.75 Å². The van der Waals surface area contributed by atoms with E-state index in [9.17, 15) is 9.90 Å². The van der Waals surface area contributed by atoms with Crippen LogP contribution in [0.3, 0.4) is 0 Å². The first-order chi connectivity index (χ1) is 6.70. The van der Waals surface area contributed by atoms with Crippen LogP contribution in [0.15, 0.2) is 18.2 Å². The van der Waals surface area contributed by atoms with Crippen molar-refractivity contribution in [3.05, 3.63) is 23.8 Å². The van der Waals surface area contributed by atoms with Gasteiger partial charge in [0, 0.05) is 11.6 Å². The van der Waals surface area contributed by atoms with Crippen LogP contribution in [0.1, 0.15) is 18.4 Å². The Balaban J connectivity index is 2.17. The maximum Gasteiger partial charge on any atom is 0.319 e. The van der Waals surface area contributed by atoms with Crippen LogP contribution in [-0.4, -0.2) is 11.1 Å². The highest BCUT2D eigenvalue weighted by Crippen LogP contribution is 2.50. The van der Waals surface area contributed by atoms with Gasteiger partial charge in [0.15, 0.2) is 0 Å². The molecule has 1 fully saturated rings. The van der Waals surface area contributed by atoms with Crippen LogP contribution >= 0.6 is 0 Å². The number of nitrogens with one attached hydrogen (secondary N) is 2. The summed E-state index contributed by atoms with van der Waals surface area (Å²) in [5, 5.41) is 14.9. The molecular weight excluding hydrogens is 180 g/mol. The quantitative estimate of drug-likeness (QED) is 0.580. The molecule has 2 amide bonds. The van der Waals surface area contributed by atoms with Crippen LogP contribution in [0.25, 0.3) is 0 Å². The number of amides is 2. The van der Waals surface area contributed by atoms with Gasteiger partial charge in [-0.2, -0.15) is 0 Å². The monoisotopic (exact) mass is 190 g/mol. The predicted molar refractivity (Wildman–Crippen MR) is 51.2 cm³/mol. The molecule has 4 nitrogen and oxygen atoms in total. The van der Waals surface area contributed by atoms with Crippen molar-refractivity contribution in [3.8, 4) is 5.75 Å². The lowest BCUT2D eigenvalue weighted by Crippen LogP contribution is -2.42. The molecule has 3 rings (SSSR count). The van der Waals surface area contributed by atoms with Crippen LogP contribution < -0.4 is 10.6 Å². The number of aromatic hydroxyl groups is 1. The van der Waals surface area contributed by atoms with Gasteiger partial charge in [-0.15, -0.1) is 0 Å². The number of phenolic OH excluding ortho intramolecular Hbond substituents is 1. The van der Waals surface area contributed by atoms with E-state index in [-0.39, 0.29) is 17.3 Å². The zero-order valence-corrected chi connectivity index (χ0v) is 7.50. The molecule has 1 spiro atoms. The summed E-state index contributed by atoms with van der Waals surface area (Å²) in [5.41, 5.74) is 1.66. The van der Waals surface area contributed by atoms with E-state index in [0.717, 1.165) is 24.1 Å². The van der Waals surface area contributed by atoms with E-state index in [4.69, 9.17) is 0 Å². The van der Waals surface area contributed by atoms with Gasteiger partial charge in [0.2, 0.25) is 0 Å². The molecule has 14 heavy (non-hydrogen) atoms. The lowest BCUT2D eigenvalue weighted by Gasteiger charge is -2.27. The van der Waals surface area contributed by atoms with E-state index in [0.29, 0.717) is 0 Å². The number of carbonyl (C=O) groups excluding carboxylic acids is 1. The van der Waals surface area contributed by atoms with Crippen molar-refractivity contribution in [2.24, 2.45) is 0 Å². The Morgan fingerprint density at radius 2 is 2.14 bits per heavy atom. The largest absolute Gasteiger partial charge is 0.508 e. The third-order valence-corrected chi connectivity index (χ3v) is 2.87. The van der Waals surface area contributed by atoms with E-state index in [1.54, 1.807) is 12.1 Å². The summed E-state index contributed by atoms with van der Waals surface area (Å²) in [7, 11) is 0. The van der Waals surface area contributed by atoms with Gasteiger partial charge in [-0.3, -0.25) is 0 Å². The number of carbonyl (C=O) groups is 1. The average Bonchev–Trinajstić information content (AvgIpc) is 2.84. The lowest BCUT2D eigenvalue weighted by molar-refractivity contribution is 0.246. The van der Waals surface area contributed by atoms with E-state index in [1.165, 1.54) is 0 Å². The molecule has 1 heterocycles. The summed E-state index contributed by atoms with van der Waals surface area (Å²) < 4.78 is 0. The summed E-state index contributed by atoms with van der Waals surface area (Å²) >= 11 is 0. The van der Waals surface area contributed by atoms with Crippen LogP contribution in [0.4, 0.5) is 10.5 Å². The van der Waals surface area contributed by atoms with Gasteiger partial charge in [0.25, 0.3) is 0 Å². The summed E-state index contributed by atoms with van der Waals surface area (Å²) in [6.45, 7) is 0. The molecule has 3 N–H and O–H groups in total. The molecule has 72 valence electrons. The Morgan fingerprint density at radius 1 is 1.36 bits per heavy atom. The highest BCUT2D eigenvalue weighted by molar-refractivity contribution is 5.94. The van der Waals surface area contributed by atoms with Gasteiger partial charge < -0.3 is 15.7 Å². The van der Waals surface area contributed by atoms with E-state index in [2.05, 4.69) is 10.6 Å². The first-order valence-electron chi connectivity index (χ1n) is 4.62. The second-order valence-electron chi connectivity index (χ2n) is 3.89. The zero-order valence-electron chi connectivity index (χ0n) is 7.50. The molecule has 1 aliphatic carbocycles. The minimum Gasteiger partial charge on any atom is -0.508 e. The number of phenols is 1. The minimum atomic E-state index is -0.180. The van der Waals surface area contributed by atoms with Crippen molar-refractivity contribution in [2.75, 3.05) is 5.32 Å². The van der Waals surface area contributed by atoms with Crippen molar-refractivity contribution in [3.63, 3.8) is 0 Å². The van der Waals surface area contributed by atoms with Gasteiger partial charge in [-0.05, 0) is 18.9 Å². The van der Waals surface area contributed by atoms with Crippen LogP contribution in [0, 0.1) is 0 Å². The predicted octanol–water partition coefficient (Wildman–Crippen LogP) is 1.52. The van der Waals surface area contributed by atoms with Crippen molar-refractivity contribution in [1.82, 2.24) is 5.32 Å². The van der Waals surface area contributed by atoms with E-state index < -0.39 is 0 Å². The number of hydrogen-bond acceptors (Lipinski definition) is 2. The van der Waals surface area contributed by atoms with Crippen molar-refractivity contribution >= 4 is 11.7 Å². The maximum absolute atomic E-state index is 11.3. The number of anilines is 1. The highest BCUT2D eigenvalue weighted by Gasteiger charge is 2.49. The molecule has 2 aliphatic rings. The third-order valence-electron chi connectivity index (χ3n) is 2.87. The molecule has 4 heteroatoms. The smallest absolute Gasteiger partial charge is 0.319 e. The molecule has 0 atom stereocenters. The van der Waals surface area contributed by atoms with Crippen molar-refractivity contribution < 1.29 is 9.90 Å². The van der Waals surface area contributed by atoms with Gasteiger partial charge in [-0.1, -0.05) is 6.07 Å². The van der Waals surface area contributed by atoms with Gasteiger partial charge >= 0.3 is 6.03 Å².